The third-order valence-electron chi connectivity index (χ3n) is 4.09. The van der Waals surface area contributed by atoms with Crippen molar-refractivity contribution in [2.75, 3.05) is 17.2 Å². The molecular formula is C22H22N4O4. The van der Waals surface area contributed by atoms with E-state index in [0.29, 0.717) is 23.7 Å². The largest absolute Gasteiger partial charge is 0.494 e. The third kappa shape index (κ3) is 5.54. The first-order chi connectivity index (χ1) is 14.4. The number of hydrogen-bond acceptors (Lipinski definition) is 5. The van der Waals surface area contributed by atoms with Crippen LogP contribution < -0.4 is 20.9 Å². The van der Waals surface area contributed by atoms with Gasteiger partial charge in [0.05, 0.1) is 12.3 Å². The number of anilines is 2. The Hall–Kier alpha value is -3.94. The molecule has 0 aliphatic rings. The van der Waals surface area contributed by atoms with E-state index in [1.165, 1.54) is 13.0 Å². The van der Waals surface area contributed by atoms with E-state index in [4.69, 9.17) is 4.74 Å². The molecule has 3 aromatic rings. The van der Waals surface area contributed by atoms with Crippen molar-refractivity contribution in [3.8, 4) is 17.0 Å². The smallest absolute Gasteiger partial charge is 0.267 e. The van der Waals surface area contributed by atoms with Crippen LogP contribution in [0.2, 0.25) is 0 Å². The zero-order valence-electron chi connectivity index (χ0n) is 16.7. The zero-order valence-corrected chi connectivity index (χ0v) is 16.7. The van der Waals surface area contributed by atoms with E-state index in [9.17, 15) is 14.4 Å². The van der Waals surface area contributed by atoms with Crippen LogP contribution >= 0.6 is 0 Å². The maximum absolute atomic E-state index is 12.4. The van der Waals surface area contributed by atoms with Crippen LogP contribution in [0.4, 0.5) is 11.4 Å². The summed E-state index contributed by atoms with van der Waals surface area (Å²) in [4.78, 5) is 35.7. The summed E-state index contributed by atoms with van der Waals surface area (Å²) in [6.07, 6.45) is 0. The first kappa shape index (κ1) is 20.8. The predicted molar refractivity (Wildman–Crippen MR) is 114 cm³/mol. The molecule has 3 rings (SSSR count). The van der Waals surface area contributed by atoms with Gasteiger partial charge in [-0.05, 0) is 55.5 Å². The van der Waals surface area contributed by atoms with Gasteiger partial charge in [0.1, 0.15) is 12.3 Å². The molecule has 1 heterocycles. The van der Waals surface area contributed by atoms with Crippen molar-refractivity contribution in [1.29, 1.82) is 0 Å². The number of aromatic nitrogens is 2. The van der Waals surface area contributed by atoms with Crippen LogP contribution in [0.25, 0.3) is 11.3 Å². The highest BCUT2D eigenvalue weighted by molar-refractivity contribution is 5.93. The number of amides is 2. The van der Waals surface area contributed by atoms with E-state index in [0.717, 1.165) is 16.0 Å². The molecule has 0 saturated carbocycles. The number of ether oxygens (including phenoxy) is 1. The fourth-order valence-electron chi connectivity index (χ4n) is 2.82. The summed E-state index contributed by atoms with van der Waals surface area (Å²) < 4.78 is 6.54. The lowest BCUT2D eigenvalue weighted by atomic mass is 10.1. The average molecular weight is 406 g/mol. The summed E-state index contributed by atoms with van der Waals surface area (Å²) >= 11 is 0. The number of benzene rings is 2. The number of rotatable bonds is 7. The Kier molecular flexibility index (Phi) is 6.59. The van der Waals surface area contributed by atoms with Crippen molar-refractivity contribution in [2.45, 2.75) is 20.4 Å². The molecule has 0 aliphatic carbocycles. The number of hydrogen-bond donors (Lipinski definition) is 2. The summed E-state index contributed by atoms with van der Waals surface area (Å²) in [5.74, 6) is 0.129. The molecule has 8 nitrogen and oxygen atoms in total. The summed E-state index contributed by atoms with van der Waals surface area (Å²) in [7, 11) is 0. The summed E-state index contributed by atoms with van der Waals surface area (Å²) in [5, 5.41) is 9.66. The van der Waals surface area contributed by atoms with Crippen LogP contribution in [0.15, 0.2) is 65.5 Å². The highest BCUT2D eigenvalue weighted by Crippen LogP contribution is 2.20. The third-order valence-corrected chi connectivity index (χ3v) is 4.09. The molecule has 0 radical (unpaired) electrons. The zero-order chi connectivity index (χ0) is 21.5. The molecule has 0 unspecified atom stereocenters. The Morgan fingerprint density at radius 2 is 1.70 bits per heavy atom. The van der Waals surface area contributed by atoms with Crippen molar-refractivity contribution in [1.82, 2.24) is 9.78 Å². The molecule has 0 aliphatic heterocycles. The van der Waals surface area contributed by atoms with E-state index >= 15 is 0 Å². The average Bonchev–Trinajstić information content (AvgIpc) is 2.70. The van der Waals surface area contributed by atoms with Crippen molar-refractivity contribution in [2.24, 2.45) is 0 Å². The predicted octanol–water partition coefficient (Wildman–Crippen LogP) is 2.91. The van der Waals surface area contributed by atoms with Crippen LogP contribution in [0.1, 0.15) is 13.8 Å². The van der Waals surface area contributed by atoms with Gasteiger partial charge in [0, 0.05) is 29.9 Å². The van der Waals surface area contributed by atoms with Gasteiger partial charge in [0.15, 0.2) is 0 Å². The SMILES string of the molecule is CCOc1ccc(-c2ccc(=O)n(CC(=O)Nc3cccc(NC(C)=O)c3)n2)cc1. The van der Waals surface area contributed by atoms with Crippen LogP contribution in [0, 0.1) is 0 Å². The van der Waals surface area contributed by atoms with E-state index in [-0.39, 0.29) is 18.0 Å². The Balaban J connectivity index is 1.73. The molecule has 30 heavy (non-hydrogen) atoms. The van der Waals surface area contributed by atoms with Gasteiger partial charge in [0.2, 0.25) is 11.8 Å². The van der Waals surface area contributed by atoms with E-state index in [1.807, 2.05) is 31.2 Å². The van der Waals surface area contributed by atoms with E-state index < -0.39 is 5.91 Å². The fraction of sp³-hybridized carbons (Fsp3) is 0.182. The second kappa shape index (κ2) is 9.51. The molecular weight excluding hydrogens is 384 g/mol. The highest BCUT2D eigenvalue weighted by atomic mass is 16.5. The number of carbonyl (C=O) groups is 2. The molecule has 0 bridgehead atoms. The highest BCUT2D eigenvalue weighted by Gasteiger charge is 2.09. The minimum atomic E-state index is -0.409. The molecule has 0 fully saturated rings. The van der Waals surface area contributed by atoms with Gasteiger partial charge >= 0.3 is 0 Å². The summed E-state index contributed by atoms with van der Waals surface area (Å²) in [5.41, 5.74) is 2.05. The van der Waals surface area contributed by atoms with Crippen molar-refractivity contribution >= 4 is 23.2 Å². The molecule has 0 spiro atoms. The van der Waals surface area contributed by atoms with Crippen LogP contribution in [-0.4, -0.2) is 28.2 Å². The maximum atomic E-state index is 12.4. The fourth-order valence-corrected chi connectivity index (χ4v) is 2.82. The van der Waals surface area contributed by atoms with E-state index in [2.05, 4.69) is 15.7 Å². The quantitative estimate of drug-likeness (QED) is 0.628. The summed E-state index contributed by atoms with van der Waals surface area (Å²) in [6, 6.07) is 17.1. The Labute approximate surface area is 173 Å². The molecule has 2 amide bonds. The lowest BCUT2D eigenvalue weighted by molar-refractivity contribution is -0.117. The molecule has 8 heteroatoms. The van der Waals surface area contributed by atoms with Crippen molar-refractivity contribution < 1.29 is 14.3 Å². The van der Waals surface area contributed by atoms with E-state index in [1.54, 1.807) is 30.3 Å². The minimum Gasteiger partial charge on any atom is -0.494 e. The lowest BCUT2D eigenvalue weighted by Gasteiger charge is -2.10. The normalized spacial score (nSPS) is 10.3. The van der Waals surface area contributed by atoms with Crippen LogP contribution in [0.5, 0.6) is 5.75 Å². The minimum absolute atomic E-state index is 0.208. The Bertz CT molecular complexity index is 1110. The number of nitrogens with zero attached hydrogens (tertiary/aromatic N) is 2. The van der Waals surface area contributed by atoms with Crippen LogP contribution in [-0.2, 0) is 16.1 Å². The second-order valence-electron chi connectivity index (χ2n) is 6.48. The Morgan fingerprint density at radius 1 is 1.00 bits per heavy atom. The first-order valence-electron chi connectivity index (χ1n) is 9.43. The monoisotopic (exact) mass is 406 g/mol. The van der Waals surface area contributed by atoms with Gasteiger partial charge in [0.25, 0.3) is 5.56 Å². The van der Waals surface area contributed by atoms with Gasteiger partial charge in [-0.3, -0.25) is 14.4 Å². The molecule has 2 aromatic carbocycles. The maximum Gasteiger partial charge on any atom is 0.267 e. The van der Waals surface area contributed by atoms with Gasteiger partial charge in [-0.1, -0.05) is 6.07 Å². The van der Waals surface area contributed by atoms with Gasteiger partial charge in [-0.25, -0.2) is 4.68 Å². The van der Waals surface area contributed by atoms with Crippen molar-refractivity contribution in [3.05, 3.63) is 71.0 Å². The number of nitrogens with one attached hydrogen (secondary N) is 2. The molecule has 154 valence electrons. The lowest BCUT2D eigenvalue weighted by Crippen LogP contribution is -2.29. The van der Waals surface area contributed by atoms with Gasteiger partial charge < -0.3 is 15.4 Å². The van der Waals surface area contributed by atoms with Crippen molar-refractivity contribution in [3.63, 3.8) is 0 Å². The molecule has 1 aromatic heterocycles. The summed E-state index contributed by atoms with van der Waals surface area (Å²) in [6.45, 7) is 3.65. The molecule has 0 saturated heterocycles. The second-order valence-corrected chi connectivity index (χ2v) is 6.48. The molecule has 0 atom stereocenters. The number of carbonyl (C=O) groups excluding carboxylic acids is 2. The van der Waals surface area contributed by atoms with Gasteiger partial charge in [-0.15, -0.1) is 0 Å². The first-order valence-corrected chi connectivity index (χ1v) is 9.43. The Morgan fingerprint density at radius 3 is 2.37 bits per heavy atom. The van der Waals surface area contributed by atoms with Crippen LogP contribution in [0.3, 0.4) is 0 Å². The standard InChI is InChI=1S/C22H22N4O4/c1-3-30-19-9-7-16(8-10-19)20-11-12-22(29)26(25-20)14-21(28)24-18-6-4-5-17(13-18)23-15(2)27/h4-13H,3,14H2,1-2H3,(H,23,27)(H,24,28). The topological polar surface area (TPSA) is 102 Å². The molecule has 2 N–H and O–H groups in total. The van der Waals surface area contributed by atoms with Gasteiger partial charge in [-0.2, -0.15) is 5.10 Å².